The maximum atomic E-state index is 14.1. The molecule has 25 heavy (non-hydrogen) atoms. The van der Waals surface area contributed by atoms with Gasteiger partial charge in [0, 0.05) is 13.0 Å². The Morgan fingerprint density at radius 3 is 2.48 bits per heavy atom. The molecular weight excluding hydrogens is 317 g/mol. The Balaban J connectivity index is 5.46. The molecule has 0 spiro atoms. The van der Waals surface area contributed by atoms with Crippen LogP contribution >= 0.6 is 0 Å². The summed E-state index contributed by atoms with van der Waals surface area (Å²) in [6, 6.07) is 0. The van der Waals surface area contributed by atoms with Crippen LogP contribution in [0.1, 0.15) is 26.7 Å². The van der Waals surface area contributed by atoms with Gasteiger partial charge in [0.2, 0.25) is 0 Å². The zero-order valence-corrected chi connectivity index (χ0v) is 15.5. The molecule has 2 atom stereocenters. The maximum Gasteiger partial charge on any atom is 0.126 e. The summed E-state index contributed by atoms with van der Waals surface area (Å²) in [5.41, 5.74) is 12.7. The molecule has 2 unspecified atom stereocenters. The molecule has 0 aromatic rings. The molecular formula is C20H32FN3O. The zero-order valence-electron chi connectivity index (χ0n) is 15.5. The maximum absolute atomic E-state index is 14.1. The van der Waals surface area contributed by atoms with E-state index in [1.54, 1.807) is 25.5 Å². The third-order valence-corrected chi connectivity index (χ3v) is 3.73. The predicted octanol–water partition coefficient (Wildman–Crippen LogP) is 3.82. The van der Waals surface area contributed by atoms with E-state index in [-0.39, 0.29) is 17.8 Å². The van der Waals surface area contributed by atoms with E-state index in [1.807, 2.05) is 26.0 Å². The van der Waals surface area contributed by atoms with Gasteiger partial charge < -0.3 is 10.1 Å². The number of ether oxygens (including phenoxy) is 1. The van der Waals surface area contributed by atoms with Crippen molar-refractivity contribution < 1.29 is 9.13 Å². The highest BCUT2D eigenvalue weighted by Crippen LogP contribution is 2.26. The van der Waals surface area contributed by atoms with Gasteiger partial charge >= 0.3 is 0 Å². The van der Waals surface area contributed by atoms with Crippen molar-refractivity contribution in [3.63, 3.8) is 0 Å². The minimum Gasteiger partial charge on any atom is -0.377 e. The average molecular weight is 349 g/mol. The van der Waals surface area contributed by atoms with Crippen LogP contribution in [-0.2, 0) is 4.74 Å². The van der Waals surface area contributed by atoms with Crippen molar-refractivity contribution in [3.8, 4) is 0 Å². The van der Waals surface area contributed by atoms with Crippen LogP contribution in [0.2, 0.25) is 0 Å². The van der Waals surface area contributed by atoms with E-state index in [4.69, 9.17) is 16.2 Å². The number of hydrogen-bond acceptors (Lipinski definition) is 4. The molecule has 0 saturated heterocycles. The number of hydrogen-bond donors (Lipinski definition) is 3. The van der Waals surface area contributed by atoms with Gasteiger partial charge in [0.25, 0.3) is 0 Å². The fourth-order valence-electron chi connectivity index (χ4n) is 2.22. The van der Waals surface area contributed by atoms with Crippen molar-refractivity contribution in [2.24, 2.45) is 17.4 Å². The molecule has 0 aromatic carbocycles. The van der Waals surface area contributed by atoms with Gasteiger partial charge in [0.15, 0.2) is 0 Å². The van der Waals surface area contributed by atoms with Crippen molar-refractivity contribution >= 4 is 0 Å². The molecule has 0 radical (unpaired) electrons. The van der Waals surface area contributed by atoms with Gasteiger partial charge in [-0.25, -0.2) is 4.39 Å². The normalized spacial score (nSPS) is 16.2. The summed E-state index contributed by atoms with van der Waals surface area (Å²) in [7, 11) is 1.64. The van der Waals surface area contributed by atoms with Crippen LogP contribution in [0.15, 0.2) is 72.8 Å². The van der Waals surface area contributed by atoms with E-state index < -0.39 is 6.29 Å². The molecule has 5 N–H and O–H groups in total. The number of allylic oxidation sites excluding steroid dienone is 7. The SMILES string of the molecule is C=C/C(F)=C(\C=C\C)CC(/C=C/NC(N)N)/C(C)=C/CC(C=C)OC. The topological polar surface area (TPSA) is 73.3 Å². The number of nitrogens with one attached hydrogen (secondary N) is 1. The first kappa shape index (κ1) is 23.1. The van der Waals surface area contributed by atoms with Crippen LogP contribution in [0.25, 0.3) is 0 Å². The monoisotopic (exact) mass is 349 g/mol. The van der Waals surface area contributed by atoms with Crippen molar-refractivity contribution in [2.45, 2.75) is 39.1 Å². The summed E-state index contributed by atoms with van der Waals surface area (Å²) in [5, 5.41) is 2.83. The van der Waals surface area contributed by atoms with Crippen molar-refractivity contribution in [1.29, 1.82) is 0 Å². The molecule has 0 bridgehead atoms. The molecule has 4 nitrogen and oxygen atoms in total. The van der Waals surface area contributed by atoms with Crippen LogP contribution in [0.4, 0.5) is 4.39 Å². The minimum atomic E-state index is -0.643. The number of rotatable bonds is 12. The van der Waals surface area contributed by atoms with Crippen molar-refractivity contribution in [1.82, 2.24) is 5.32 Å². The van der Waals surface area contributed by atoms with Gasteiger partial charge in [-0.15, -0.1) is 6.58 Å². The second-order valence-electron chi connectivity index (χ2n) is 5.63. The standard InChI is InChI=1S/C20H32FN3O/c1-6-9-17(19(21)8-3)14-16(12-13-24-20(22)23)15(4)10-11-18(7-2)25-5/h6-10,12-13,16,18,20,24H,2-3,11,14,22-23H2,1,4-5H3/b9-6+,13-12+,15-10+,19-17-. The first-order chi connectivity index (χ1) is 11.9. The van der Waals surface area contributed by atoms with Crippen LogP contribution < -0.4 is 16.8 Å². The highest BCUT2D eigenvalue weighted by atomic mass is 19.1. The summed E-state index contributed by atoms with van der Waals surface area (Å²) in [4.78, 5) is 0. The molecule has 0 rings (SSSR count). The quantitative estimate of drug-likeness (QED) is 0.284. The Morgan fingerprint density at radius 2 is 2.00 bits per heavy atom. The van der Waals surface area contributed by atoms with Crippen molar-refractivity contribution in [3.05, 3.63) is 72.8 Å². The first-order valence-electron chi connectivity index (χ1n) is 8.29. The largest absolute Gasteiger partial charge is 0.377 e. The minimum absolute atomic E-state index is 0.0227. The van der Waals surface area contributed by atoms with E-state index in [0.717, 1.165) is 5.57 Å². The van der Waals surface area contributed by atoms with Gasteiger partial charge in [-0.3, -0.25) is 11.5 Å². The number of nitrogens with two attached hydrogens (primary N) is 2. The lowest BCUT2D eigenvalue weighted by Crippen LogP contribution is -2.42. The Bertz CT molecular complexity index is 533. The second-order valence-corrected chi connectivity index (χ2v) is 5.63. The Hall–Kier alpha value is -1.95. The van der Waals surface area contributed by atoms with Gasteiger partial charge in [-0.05, 0) is 44.5 Å². The summed E-state index contributed by atoms with van der Waals surface area (Å²) in [6.45, 7) is 11.1. The lowest BCUT2D eigenvalue weighted by atomic mass is 9.90. The fraction of sp³-hybridized carbons (Fsp3) is 0.400. The molecule has 0 aliphatic heterocycles. The Labute approximate surface area is 151 Å². The summed E-state index contributed by atoms with van der Waals surface area (Å²) >= 11 is 0. The molecule has 0 aliphatic carbocycles. The van der Waals surface area contributed by atoms with E-state index in [9.17, 15) is 4.39 Å². The average Bonchev–Trinajstić information content (AvgIpc) is 2.59. The molecule has 0 amide bonds. The molecule has 0 fully saturated rings. The summed E-state index contributed by atoms with van der Waals surface area (Å²) < 4.78 is 19.4. The van der Waals surface area contributed by atoms with Crippen molar-refractivity contribution in [2.75, 3.05) is 7.11 Å². The molecule has 140 valence electrons. The lowest BCUT2D eigenvalue weighted by Gasteiger charge is -2.17. The lowest BCUT2D eigenvalue weighted by molar-refractivity contribution is 0.143. The first-order valence-corrected chi connectivity index (χ1v) is 8.29. The van der Waals surface area contributed by atoms with Gasteiger partial charge in [-0.2, -0.15) is 0 Å². The Morgan fingerprint density at radius 1 is 1.32 bits per heavy atom. The van der Waals surface area contributed by atoms with E-state index >= 15 is 0 Å². The number of methoxy groups -OCH3 is 1. The third-order valence-electron chi connectivity index (χ3n) is 3.73. The highest BCUT2D eigenvalue weighted by molar-refractivity contribution is 5.30. The third kappa shape index (κ3) is 9.82. The van der Waals surface area contributed by atoms with Gasteiger partial charge in [0.1, 0.15) is 12.1 Å². The highest BCUT2D eigenvalue weighted by Gasteiger charge is 2.12. The summed E-state index contributed by atoms with van der Waals surface area (Å²) in [5.74, 6) is -0.348. The van der Waals surface area contributed by atoms with Crippen LogP contribution in [0, 0.1) is 5.92 Å². The van der Waals surface area contributed by atoms with E-state index in [0.29, 0.717) is 18.4 Å². The van der Waals surface area contributed by atoms with Crippen LogP contribution in [-0.4, -0.2) is 19.5 Å². The molecule has 0 aromatic heterocycles. The molecule has 5 heteroatoms. The molecule has 0 saturated carbocycles. The summed E-state index contributed by atoms with van der Waals surface area (Å²) in [6.07, 6.45) is 12.8. The molecule has 0 heterocycles. The fourth-order valence-corrected chi connectivity index (χ4v) is 2.22. The van der Waals surface area contributed by atoms with Crippen LogP contribution in [0.5, 0.6) is 0 Å². The zero-order chi connectivity index (χ0) is 19.2. The molecule has 0 aliphatic rings. The Kier molecular flexibility index (Phi) is 12.3. The second kappa shape index (κ2) is 13.4. The number of halogens is 1. The van der Waals surface area contributed by atoms with Crippen LogP contribution in [0.3, 0.4) is 0 Å². The van der Waals surface area contributed by atoms with Gasteiger partial charge in [0.05, 0.1) is 6.10 Å². The van der Waals surface area contributed by atoms with E-state index in [2.05, 4.69) is 24.6 Å². The van der Waals surface area contributed by atoms with E-state index in [1.165, 1.54) is 6.08 Å². The van der Waals surface area contributed by atoms with Gasteiger partial charge in [-0.1, -0.05) is 42.5 Å². The smallest absolute Gasteiger partial charge is 0.126 e. The predicted molar refractivity (Wildman–Crippen MR) is 105 cm³/mol.